The second-order valence-corrected chi connectivity index (χ2v) is 3.88. The number of halogens is 3. The van der Waals surface area contributed by atoms with Crippen molar-refractivity contribution in [2.45, 2.75) is 31.5 Å². The summed E-state index contributed by atoms with van der Waals surface area (Å²) in [4.78, 5) is 15.3. The van der Waals surface area contributed by atoms with Crippen molar-refractivity contribution in [2.24, 2.45) is 0 Å². The molecule has 0 aromatic carbocycles. The number of carbonyl (C=O) groups excluding carboxylic acids is 1. The van der Waals surface area contributed by atoms with Crippen LogP contribution in [0.5, 0.6) is 0 Å². The van der Waals surface area contributed by atoms with Crippen LogP contribution in [0.1, 0.15) is 24.6 Å². The number of nitrogens with one attached hydrogen (secondary N) is 1. The topological polar surface area (TPSA) is 59.8 Å². The second-order valence-electron chi connectivity index (χ2n) is 3.88. The molecule has 1 fully saturated rings. The summed E-state index contributed by atoms with van der Waals surface area (Å²) in [5.74, 6) is -0.833. The Balaban J connectivity index is 2.20. The monoisotopic (exact) mass is 248 g/mol. The lowest BCUT2D eigenvalue weighted by atomic mass is 9.98. The Morgan fingerprint density at radius 3 is 2.94 bits per heavy atom. The molecule has 0 spiro atoms. The molecule has 0 saturated carbocycles. The van der Waals surface area contributed by atoms with Crippen LogP contribution in [-0.4, -0.2) is 33.4 Å². The van der Waals surface area contributed by atoms with E-state index in [2.05, 4.69) is 15.4 Å². The maximum atomic E-state index is 12.3. The zero-order valence-electron chi connectivity index (χ0n) is 8.87. The van der Waals surface area contributed by atoms with Crippen molar-refractivity contribution in [3.8, 4) is 0 Å². The summed E-state index contributed by atoms with van der Waals surface area (Å²) >= 11 is 0. The molecule has 1 aliphatic heterocycles. The summed E-state index contributed by atoms with van der Waals surface area (Å²) in [5.41, 5.74) is 0. The highest BCUT2D eigenvalue weighted by Gasteiger charge is 2.33. The van der Waals surface area contributed by atoms with E-state index >= 15 is 0 Å². The Labute approximate surface area is 95.0 Å². The summed E-state index contributed by atoms with van der Waals surface area (Å²) in [7, 11) is 0. The van der Waals surface area contributed by atoms with Gasteiger partial charge in [-0.15, -0.1) is 0 Å². The molecule has 1 amide bonds. The lowest BCUT2D eigenvalue weighted by molar-refractivity contribution is -0.143. The van der Waals surface area contributed by atoms with E-state index in [-0.39, 0.29) is 11.7 Å². The Kier molecular flexibility index (Phi) is 3.03. The van der Waals surface area contributed by atoms with Crippen molar-refractivity contribution < 1.29 is 18.0 Å². The van der Waals surface area contributed by atoms with E-state index in [9.17, 15) is 18.0 Å². The predicted octanol–water partition coefficient (Wildman–Crippen LogP) is 0.834. The van der Waals surface area contributed by atoms with E-state index in [0.29, 0.717) is 13.0 Å². The van der Waals surface area contributed by atoms with Crippen molar-refractivity contribution in [2.75, 3.05) is 6.54 Å². The molecule has 1 atom stereocenters. The highest BCUT2D eigenvalue weighted by molar-refractivity contribution is 5.83. The number of nitrogens with zero attached hydrogens (tertiary/aromatic N) is 3. The number of aromatic nitrogens is 3. The third-order valence-electron chi connectivity index (χ3n) is 2.57. The first-order valence-corrected chi connectivity index (χ1v) is 5.19. The van der Waals surface area contributed by atoms with E-state index < -0.39 is 18.6 Å². The largest absolute Gasteiger partial charge is 0.408 e. The summed E-state index contributed by atoms with van der Waals surface area (Å²) in [5, 5.41) is 6.13. The van der Waals surface area contributed by atoms with Crippen molar-refractivity contribution in [1.29, 1.82) is 0 Å². The quantitative estimate of drug-likeness (QED) is 0.843. The van der Waals surface area contributed by atoms with Gasteiger partial charge in [0.1, 0.15) is 18.7 Å². The van der Waals surface area contributed by atoms with E-state index in [1.54, 1.807) is 0 Å². The van der Waals surface area contributed by atoms with Crippen molar-refractivity contribution in [3.05, 3.63) is 12.2 Å². The zero-order valence-corrected chi connectivity index (χ0v) is 8.87. The van der Waals surface area contributed by atoms with Gasteiger partial charge in [0, 0.05) is 6.54 Å². The first-order chi connectivity index (χ1) is 7.97. The number of hydrogen-bond donors (Lipinski definition) is 1. The standard InChI is InChI=1S/C9H11F3N4O/c10-9(11,12)4-16-7(14-5-15-16)6-2-1-3-13-8(6)17/h5-6H,1-4H2,(H,13,17). The number of amides is 1. The molecule has 1 aromatic rings. The van der Waals surface area contributed by atoms with Crippen LogP contribution >= 0.6 is 0 Å². The molecule has 2 rings (SSSR count). The predicted molar refractivity (Wildman–Crippen MR) is 51.1 cm³/mol. The van der Waals surface area contributed by atoms with Gasteiger partial charge >= 0.3 is 6.18 Å². The maximum Gasteiger partial charge on any atom is 0.408 e. The molecule has 0 aliphatic carbocycles. The van der Waals surface area contributed by atoms with Crippen LogP contribution in [0.3, 0.4) is 0 Å². The van der Waals surface area contributed by atoms with Gasteiger partial charge in [0.05, 0.1) is 5.92 Å². The first kappa shape index (κ1) is 11.9. The van der Waals surface area contributed by atoms with Gasteiger partial charge in [-0.3, -0.25) is 4.79 Å². The fourth-order valence-corrected chi connectivity index (χ4v) is 1.85. The van der Waals surface area contributed by atoms with Crippen LogP contribution in [0.4, 0.5) is 13.2 Å². The summed E-state index contributed by atoms with van der Waals surface area (Å²) in [6.45, 7) is -0.658. The average molecular weight is 248 g/mol. The number of carbonyl (C=O) groups is 1. The van der Waals surface area contributed by atoms with E-state index in [1.165, 1.54) is 0 Å². The third-order valence-corrected chi connectivity index (χ3v) is 2.57. The highest BCUT2D eigenvalue weighted by atomic mass is 19.4. The Morgan fingerprint density at radius 2 is 2.29 bits per heavy atom. The minimum Gasteiger partial charge on any atom is -0.355 e. The average Bonchev–Trinajstić information content (AvgIpc) is 2.64. The third kappa shape index (κ3) is 2.75. The summed E-state index contributed by atoms with van der Waals surface area (Å²) < 4.78 is 37.6. The SMILES string of the molecule is O=C1NCCCC1c1ncnn1CC(F)(F)F. The Bertz CT molecular complexity index is 415. The number of rotatable bonds is 2. The molecule has 1 saturated heterocycles. The molecule has 0 bridgehead atoms. The molecule has 2 heterocycles. The van der Waals surface area contributed by atoms with Crippen LogP contribution < -0.4 is 5.32 Å². The molecule has 1 N–H and O–H groups in total. The van der Waals surface area contributed by atoms with Gasteiger partial charge in [0.25, 0.3) is 0 Å². The summed E-state index contributed by atoms with van der Waals surface area (Å²) in [6, 6.07) is 0. The lowest BCUT2D eigenvalue weighted by Crippen LogP contribution is -2.37. The maximum absolute atomic E-state index is 12.3. The molecule has 17 heavy (non-hydrogen) atoms. The fourth-order valence-electron chi connectivity index (χ4n) is 1.85. The van der Waals surface area contributed by atoms with Gasteiger partial charge in [-0.2, -0.15) is 18.3 Å². The van der Waals surface area contributed by atoms with Crippen LogP contribution in [-0.2, 0) is 11.3 Å². The van der Waals surface area contributed by atoms with Crippen LogP contribution in [0.25, 0.3) is 0 Å². The molecule has 5 nitrogen and oxygen atoms in total. The number of alkyl halides is 3. The van der Waals surface area contributed by atoms with Crippen molar-refractivity contribution in [3.63, 3.8) is 0 Å². The lowest BCUT2D eigenvalue weighted by Gasteiger charge is -2.21. The second kappa shape index (κ2) is 4.34. The van der Waals surface area contributed by atoms with Crippen LogP contribution in [0.15, 0.2) is 6.33 Å². The molecule has 1 unspecified atom stereocenters. The van der Waals surface area contributed by atoms with Gasteiger partial charge in [-0.25, -0.2) is 9.67 Å². The van der Waals surface area contributed by atoms with Gasteiger partial charge in [0.2, 0.25) is 5.91 Å². The minimum atomic E-state index is -4.37. The molecule has 1 aliphatic rings. The molecule has 8 heteroatoms. The fraction of sp³-hybridized carbons (Fsp3) is 0.667. The van der Waals surface area contributed by atoms with Gasteiger partial charge in [0.15, 0.2) is 0 Å². The van der Waals surface area contributed by atoms with Gasteiger partial charge in [-0.05, 0) is 12.8 Å². The minimum absolute atomic E-state index is 0.0829. The van der Waals surface area contributed by atoms with Gasteiger partial charge in [-0.1, -0.05) is 0 Å². The van der Waals surface area contributed by atoms with Crippen molar-refractivity contribution in [1.82, 2.24) is 20.1 Å². The van der Waals surface area contributed by atoms with E-state index in [1.807, 2.05) is 0 Å². The Morgan fingerprint density at radius 1 is 1.53 bits per heavy atom. The first-order valence-electron chi connectivity index (χ1n) is 5.19. The normalized spacial score (nSPS) is 21.4. The van der Waals surface area contributed by atoms with Gasteiger partial charge < -0.3 is 5.32 Å². The zero-order chi connectivity index (χ0) is 12.5. The molecule has 0 radical (unpaired) electrons. The summed E-state index contributed by atoms with van der Waals surface area (Å²) in [6.07, 6.45) is -2.09. The van der Waals surface area contributed by atoms with Crippen LogP contribution in [0.2, 0.25) is 0 Å². The molecular formula is C9H11F3N4O. The highest BCUT2D eigenvalue weighted by Crippen LogP contribution is 2.24. The number of piperidine rings is 1. The molecule has 1 aromatic heterocycles. The van der Waals surface area contributed by atoms with E-state index in [0.717, 1.165) is 17.4 Å². The van der Waals surface area contributed by atoms with Crippen molar-refractivity contribution >= 4 is 5.91 Å². The number of hydrogen-bond acceptors (Lipinski definition) is 3. The molecule has 94 valence electrons. The Hall–Kier alpha value is -1.60. The smallest absolute Gasteiger partial charge is 0.355 e. The van der Waals surface area contributed by atoms with E-state index in [4.69, 9.17) is 0 Å². The van der Waals surface area contributed by atoms with Crippen LogP contribution in [0, 0.1) is 0 Å². The molecular weight excluding hydrogens is 237 g/mol.